The van der Waals surface area contributed by atoms with Crippen LogP contribution in [-0.4, -0.2) is 4.98 Å². The van der Waals surface area contributed by atoms with E-state index in [0.29, 0.717) is 5.75 Å². The maximum absolute atomic E-state index is 5.06. The zero-order valence-corrected chi connectivity index (χ0v) is 7.24. The van der Waals surface area contributed by atoms with Crippen LogP contribution in [0.25, 0.3) is 6.08 Å². The molecule has 0 aromatic carbocycles. The molecule has 0 atom stereocenters. The molecule has 12 heavy (non-hydrogen) atoms. The molecule has 0 spiro atoms. The molecule has 1 aromatic heterocycles. The van der Waals surface area contributed by atoms with Crippen molar-refractivity contribution in [2.75, 3.05) is 0 Å². The first-order valence-electron chi connectivity index (χ1n) is 3.69. The molecular formula is C9H12N2O. The third-order valence-corrected chi connectivity index (χ3v) is 1.39. The van der Waals surface area contributed by atoms with Crippen molar-refractivity contribution in [1.82, 2.24) is 4.98 Å². The molecule has 0 bridgehead atoms. The molecule has 0 unspecified atom stereocenters. The van der Waals surface area contributed by atoms with Crippen LogP contribution >= 0.6 is 0 Å². The van der Waals surface area contributed by atoms with Crippen molar-refractivity contribution in [3.8, 4) is 5.75 Å². The topological polar surface area (TPSA) is 48.1 Å². The summed E-state index contributed by atoms with van der Waals surface area (Å²) >= 11 is 0. The number of aromatic nitrogens is 1. The normalized spacial score (nSPS) is 9.25. The van der Waals surface area contributed by atoms with Crippen molar-refractivity contribution in [3.05, 3.63) is 29.6 Å². The lowest BCUT2D eigenvalue weighted by Gasteiger charge is -2.01. The first-order valence-corrected chi connectivity index (χ1v) is 3.69. The fraction of sp³-hybridized carbons (Fsp3) is 0.222. The summed E-state index contributed by atoms with van der Waals surface area (Å²) in [5, 5.41) is 0. The van der Waals surface area contributed by atoms with Gasteiger partial charge in [-0.05, 0) is 19.9 Å². The summed E-state index contributed by atoms with van der Waals surface area (Å²) in [5.74, 6) is 5.65. The van der Waals surface area contributed by atoms with Crippen LogP contribution in [0.3, 0.4) is 0 Å². The van der Waals surface area contributed by atoms with Gasteiger partial charge in [0.05, 0.1) is 6.20 Å². The lowest BCUT2D eigenvalue weighted by molar-refractivity contribution is 0.332. The largest absolute Gasteiger partial charge is 0.409 e. The van der Waals surface area contributed by atoms with E-state index in [1.807, 2.05) is 26.0 Å². The van der Waals surface area contributed by atoms with E-state index in [-0.39, 0.29) is 0 Å². The van der Waals surface area contributed by atoms with Crippen molar-refractivity contribution in [1.29, 1.82) is 0 Å². The van der Waals surface area contributed by atoms with Crippen LogP contribution in [0.4, 0.5) is 0 Å². The van der Waals surface area contributed by atoms with E-state index in [1.54, 1.807) is 12.4 Å². The van der Waals surface area contributed by atoms with E-state index in [9.17, 15) is 0 Å². The fourth-order valence-electron chi connectivity index (χ4n) is 0.919. The number of nitrogens with zero attached hydrogens (tertiary/aromatic N) is 1. The van der Waals surface area contributed by atoms with E-state index >= 15 is 0 Å². The summed E-state index contributed by atoms with van der Waals surface area (Å²) in [6.07, 6.45) is 5.29. The van der Waals surface area contributed by atoms with Gasteiger partial charge >= 0.3 is 0 Å². The minimum absolute atomic E-state index is 0.596. The summed E-state index contributed by atoms with van der Waals surface area (Å²) in [7, 11) is 0. The van der Waals surface area contributed by atoms with Crippen molar-refractivity contribution >= 4 is 6.08 Å². The van der Waals surface area contributed by atoms with Gasteiger partial charge in [0.2, 0.25) is 0 Å². The van der Waals surface area contributed by atoms with Gasteiger partial charge in [0.25, 0.3) is 0 Å². The van der Waals surface area contributed by atoms with E-state index in [1.165, 1.54) is 5.57 Å². The number of rotatable bonds is 2. The molecule has 64 valence electrons. The summed E-state index contributed by atoms with van der Waals surface area (Å²) < 4.78 is 0. The van der Waals surface area contributed by atoms with Gasteiger partial charge in [-0.15, -0.1) is 0 Å². The summed E-state index contributed by atoms with van der Waals surface area (Å²) in [5.41, 5.74) is 2.15. The smallest absolute Gasteiger partial charge is 0.172 e. The molecule has 0 aliphatic heterocycles. The molecular weight excluding hydrogens is 152 g/mol. The molecule has 1 aromatic rings. The monoisotopic (exact) mass is 164 g/mol. The maximum atomic E-state index is 5.06. The van der Waals surface area contributed by atoms with Crippen molar-refractivity contribution in [2.45, 2.75) is 13.8 Å². The SMILES string of the molecule is CC(C)=Cc1ccncc1ON. The number of allylic oxidation sites excluding steroid dienone is 1. The molecule has 1 rings (SSSR count). The summed E-state index contributed by atoms with van der Waals surface area (Å²) in [6, 6.07) is 1.86. The van der Waals surface area contributed by atoms with E-state index in [2.05, 4.69) is 9.82 Å². The van der Waals surface area contributed by atoms with Gasteiger partial charge in [-0.25, -0.2) is 0 Å². The first kappa shape index (κ1) is 8.74. The standard InChI is InChI=1S/C9H12N2O/c1-7(2)5-8-3-4-11-6-9(8)12-10/h3-6H,10H2,1-2H3. The Balaban J connectivity index is 3.05. The van der Waals surface area contributed by atoms with Crippen LogP contribution in [0.15, 0.2) is 24.0 Å². The highest BCUT2D eigenvalue weighted by Crippen LogP contribution is 2.17. The highest BCUT2D eigenvalue weighted by molar-refractivity contribution is 5.57. The quantitative estimate of drug-likeness (QED) is 0.677. The Bertz CT molecular complexity index is 290. The van der Waals surface area contributed by atoms with Crippen LogP contribution in [0.2, 0.25) is 0 Å². The number of pyridine rings is 1. The van der Waals surface area contributed by atoms with E-state index in [0.717, 1.165) is 5.56 Å². The highest BCUT2D eigenvalue weighted by Gasteiger charge is 1.97. The second-order valence-corrected chi connectivity index (χ2v) is 2.75. The second-order valence-electron chi connectivity index (χ2n) is 2.75. The third kappa shape index (κ3) is 2.07. The lowest BCUT2D eigenvalue weighted by Crippen LogP contribution is -2.03. The Morgan fingerprint density at radius 3 is 2.92 bits per heavy atom. The molecule has 0 radical (unpaired) electrons. The van der Waals surface area contributed by atoms with Crippen LogP contribution in [0.1, 0.15) is 19.4 Å². The first-order chi connectivity index (χ1) is 5.74. The van der Waals surface area contributed by atoms with Crippen molar-refractivity contribution in [2.24, 2.45) is 5.90 Å². The molecule has 0 saturated heterocycles. The molecule has 1 heterocycles. The minimum atomic E-state index is 0.596. The van der Waals surface area contributed by atoms with Gasteiger partial charge < -0.3 is 4.84 Å². The molecule has 3 heteroatoms. The Labute approximate surface area is 71.8 Å². The second kappa shape index (κ2) is 3.88. The average molecular weight is 164 g/mol. The van der Waals surface area contributed by atoms with Crippen LogP contribution < -0.4 is 10.7 Å². The van der Waals surface area contributed by atoms with Crippen molar-refractivity contribution < 1.29 is 4.84 Å². The Morgan fingerprint density at radius 2 is 2.33 bits per heavy atom. The molecule has 2 N–H and O–H groups in total. The lowest BCUT2D eigenvalue weighted by atomic mass is 10.2. The summed E-state index contributed by atoms with van der Waals surface area (Å²) in [6.45, 7) is 4.03. The zero-order valence-electron chi connectivity index (χ0n) is 7.24. The molecule has 0 fully saturated rings. The molecule has 0 aliphatic rings. The predicted octanol–water partition coefficient (Wildman–Crippen LogP) is 1.76. The average Bonchev–Trinajstić information content (AvgIpc) is 2.04. The van der Waals surface area contributed by atoms with Gasteiger partial charge in [-0.1, -0.05) is 11.6 Å². The highest BCUT2D eigenvalue weighted by atomic mass is 16.6. The van der Waals surface area contributed by atoms with Gasteiger partial charge in [0.15, 0.2) is 5.75 Å². The zero-order chi connectivity index (χ0) is 8.97. The molecule has 3 nitrogen and oxygen atoms in total. The van der Waals surface area contributed by atoms with Crippen LogP contribution in [0, 0.1) is 0 Å². The Hall–Kier alpha value is -1.35. The number of hydrogen-bond acceptors (Lipinski definition) is 3. The molecule has 0 aliphatic carbocycles. The fourth-order valence-corrected chi connectivity index (χ4v) is 0.919. The predicted molar refractivity (Wildman–Crippen MR) is 48.4 cm³/mol. The van der Waals surface area contributed by atoms with Crippen molar-refractivity contribution in [3.63, 3.8) is 0 Å². The van der Waals surface area contributed by atoms with Crippen LogP contribution in [-0.2, 0) is 0 Å². The van der Waals surface area contributed by atoms with E-state index < -0.39 is 0 Å². The molecule has 0 saturated carbocycles. The minimum Gasteiger partial charge on any atom is -0.409 e. The Kier molecular flexibility index (Phi) is 2.82. The Morgan fingerprint density at radius 1 is 1.58 bits per heavy atom. The van der Waals surface area contributed by atoms with Crippen LogP contribution in [0.5, 0.6) is 5.75 Å². The van der Waals surface area contributed by atoms with Gasteiger partial charge in [-0.2, -0.15) is 5.90 Å². The van der Waals surface area contributed by atoms with E-state index in [4.69, 9.17) is 5.90 Å². The summed E-state index contributed by atoms with van der Waals surface area (Å²) in [4.78, 5) is 8.53. The molecule has 0 amide bonds. The van der Waals surface area contributed by atoms with Gasteiger partial charge in [-0.3, -0.25) is 4.98 Å². The van der Waals surface area contributed by atoms with Gasteiger partial charge in [0.1, 0.15) is 0 Å². The third-order valence-electron chi connectivity index (χ3n) is 1.39. The maximum Gasteiger partial charge on any atom is 0.172 e. The number of hydrogen-bond donors (Lipinski definition) is 1. The number of nitrogens with two attached hydrogens (primary N) is 1. The van der Waals surface area contributed by atoms with Gasteiger partial charge in [0, 0.05) is 11.8 Å².